The van der Waals surface area contributed by atoms with Crippen LogP contribution in [-0.2, 0) is 0 Å². The molecule has 0 saturated heterocycles. The molecule has 0 aromatic heterocycles. The third-order valence-corrected chi connectivity index (χ3v) is 4.09. The normalized spacial score (nSPS) is 26.0. The van der Waals surface area contributed by atoms with Gasteiger partial charge in [0.1, 0.15) is 0 Å². The molecule has 2 rings (SSSR count). The number of hydrogen-bond acceptors (Lipinski definition) is 2. The Balaban J connectivity index is 2.00. The van der Waals surface area contributed by atoms with Gasteiger partial charge in [-0.25, -0.2) is 0 Å². The highest BCUT2D eigenvalue weighted by molar-refractivity contribution is 5.32. The van der Waals surface area contributed by atoms with Crippen LogP contribution in [0, 0.1) is 13.8 Å². The lowest BCUT2D eigenvalue weighted by Gasteiger charge is -2.30. The Morgan fingerprint density at radius 3 is 2.72 bits per heavy atom. The van der Waals surface area contributed by atoms with Gasteiger partial charge in [-0.1, -0.05) is 30.2 Å². The van der Waals surface area contributed by atoms with Crippen molar-refractivity contribution in [3.05, 3.63) is 34.9 Å². The quantitative estimate of drug-likeness (QED) is 0.859. The van der Waals surface area contributed by atoms with Crippen LogP contribution < -0.4 is 11.1 Å². The minimum atomic E-state index is 0.391. The van der Waals surface area contributed by atoms with Crippen LogP contribution in [-0.4, -0.2) is 12.1 Å². The van der Waals surface area contributed by atoms with Crippen molar-refractivity contribution < 1.29 is 0 Å². The van der Waals surface area contributed by atoms with E-state index in [1.165, 1.54) is 36.0 Å². The minimum absolute atomic E-state index is 0.391. The van der Waals surface area contributed by atoms with Crippen molar-refractivity contribution in [1.29, 1.82) is 0 Å². The molecule has 3 unspecified atom stereocenters. The summed E-state index contributed by atoms with van der Waals surface area (Å²) in [7, 11) is 0. The molecule has 1 saturated carbocycles. The van der Waals surface area contributed by atoms with Gasteiger partial charge in [0.25, 0.3) is 0 Å². The van der Waals surface area contributed by atoms with Crippen molar-refractivity contribution in [2.75, 3.05) is 0 Å². The van der Waals surface area contributed by atoms with E-state index in [9.17, 15) is 0 Å². The van der Waals surface area contributed by atoms with Crippen LogP contribution in [0.3, 0.4) is 0 Å². The van der Waals surface area contributed by atoms with E-state index >= 15 is 0 Å². The summed E-state index contributed by atoms with van der Waals surface area (Å²) in [5.41, 5.74) is 10.2. The van der Waals surface area contributed by atoms with Gasteiger partial charge in [0.2, 0.25) is 0 Å². The molecule has 0 bridgehead atoms. The average molecular weight is 246 g/mol. The van der Waals surface area contributed by atoms with Crippen molar-refractivity contribution in [2.45, 2.75) is 64.6 Å². The molecule has 3 atom stereocenters. The number of hydrogen-bond donors (Lipinski definition) is 2. The van der Waals surface area contributed by atoms with Gasteiger partial charge in [-0.2, -0.15) is 0 Å². The van der Waals surface area contributed by atoms with Crippen molar-refractivity contribution in [1.82, 2.24) is 5.32 Å². The zero-order valence-corrected chi connectivity index (χ0v) is 11.9. The van der Waals surface area contributed by atoms with Crippen molar-refractivity contribution in [3.63, 3.8) is 0 Å². The second-order valence-electron chi connectivity index (χ2n) is 5.87. The summed E-state index contributed by atoms with van der Waals surface area (Å²) in [6.45, 7) is 6.61. The highest BCUT2D eigenvalue weighted by Gasteiger charge is 2.21. The molecule has 0 radical (unpaired) electrons. The molecule has 1 fully saturated rings. The van der Waals surface area contributed by atoms with Gasteiger partial charge in [0, 0.05) is 18.1 Å². The molecule has 0 heterocycles. The highest BCUT2D eigenvalue weighted by atomic mass is 15.0. The Hall–Kier alpha value is -0.860. The molecular weight excluding hydrogens is 220 g/mol. The van der Waals surface area contributed by atoms with Gasteiger partial charge in [0.15, 0.2) is 0 Å². The summed E-state index contributed by atoms with van der Waals surface area (Å²) in [5, 5.41) is 3.75. The fraction of sp³-hybridized carbons (Fsp3) is 0.625. The first-order valence-corrected chi connectivity index (χ1v) is 7.15. The minimum Gasteiger partial charge on any atom is -0.328 e. The molecule has 2 nitrogen and oxygen atoms in total. The van der Waals surface area contributed by atoms with Crippen molar-refractivity contribution in [2.24, 2.45) is 5.73 Å². The van der Waals surface area contributed by atoms with Gasteiger partial charge < -0.3 is 11.1 Å². The van der Waals surface area contributed by atoms with E-state index in [-0.39, 0.29) is 0 Å². The van der Waals surface area contributed by atoms with Crippen LogP contribution in [0.2, 0.25) is 0 Å². The topological polar surface area (TPSA) is 38.0 Å². The number of aryl methyl sites for hydroxylation is 2. The third kappa shape index (κ3) is 3.33. The first-order chi connectivity index (χ1) is 8.56. The van der Waals surface area contributed by atoms with Crippen LogP contribution >= 0.6 is 0 Å². The van der Waals surface area contributed by atoms with E-state index in [4.69, 9.17) is 5.73 Å². The molecule has 0 amide bonds. The fourth-order valence-corrected chi connectivity index (χ4v) is 3.13. The summed E-state index contributed by atoms with van der Waals surface area (Å²) in [4.78, 5) is 0. The lowest BCUT2D eigenvalue weighted by Crippen LogP contribution is -2.40. The first kappa shape index (κ1) is 13.6. The Kier molecular flexibility index (Phi) is 4.41. The SMILES string of the molecule is Cc1ccc(C(C)NC2CCCC(N)C2)c(C)c1. The molecule has 1 aromatic carbocycles. The molecule has 0 aliphatic heterocycles. The number of rotatable bonds is 3. The molecule has 1 aromatic rings. The zero-order valence-electron chi connectivity index (χ0n) is 11.9. The smallest absolute Gasteiger partial charge is 0.0296 e. The van der Waals surface area contributed by atoms with E-state index in [0.717, 1.165) is 6.42 Å². The van der Waals surface area contributed by atoms with E-state index < -0.39 is 0 Å². The predicted octanol–water partition coefficient (Wildman–Crippen LogP) is 3.22. The van der Waals surface area contributed by atoms with Gasteiger partial charge in [0.05, 0.1) is 0 Å². The average Bonchev–Trinajstić information content (AvgIpc) is 2.28. The largest absolute Gasteiger partial charge is 0.328 e. The lowest BCUT2D eigenvalue weighted by atomic mass is 9.90. The van der Waals surface area contributed by atoms with Gasteiger partial charge >= 0.3 is 0 Å². The van der Waals surface area contributed by atoms with Crippen LogP contribution in [0.5, 0.6) is 0 Å². The maximum Gasteiger partial charge on any atom is 0.0296 e. The molecule has 1 aliphatic rings. The molecular formula is C16H26N2. The van der Waals surface area contributed by atoms with Crippen LogP contribution in [0.4, 0.5) is 0 Å². The summed E-state index contributed by atoms with van der Waals surface area (Å²) >= 11 is 0. The Labute approximate surface area is 111 Å². The summed E-state index contributed by atoms with van der Waals surface area (Å²) < 4.78 is 0. The summed E-state index contributed by atoms with van der Waals surface area (Å²) in [6, 6.07) is 8.12. The molecule has 100 valence electrons. The van der Waals surface area contributed by atoms with Gasteiger partial charge in [-0.05, 0) is 51.2 Å². The monoisotopic (exact) mass is 246 g/mol. The lowest BCUT2D eigenvalue weighted by molar-refractivity contribution is 0.318. The fourth-order valence-electron chi connectivity index (χ4n) is 3.13. The Morgan fingerprint density at radius 1 is 1.28 bits per heavy atom. The number of nitrogens with one attached hydrogen (secondary N) is 1. The Bertz CT molecular complexity index is 400. The second kappa shape index (κ2) is 5.85. The van der Waals surface area contributed by atoms with Gasteiger partial charge in [-0.3, -0.25) is 0 Å². The maximum atomic E-state index is 6.05. The summed E-state index contributed by atoms with van der Waals surface area (Å²) in [6.07, 6.45) is 4.84. The molecule has 3 N–H and O–H groups in total. The first-order valence-electron chi connectivity index (χ1n) is 7.15. The summed E-state index contributed by atoms with van der Waals surface area (Å²) in [5.74, 6) is 0. The molecule has 18 heavy (non-hydrogen) atoms. The van der Waals surface area contributed by atoms with E-state index in [1.807, 2.05) is 0 Å². The molecule has 2 heteroatoms. The highest BCUT2D eigenvalue weighted by Crippen LogP contribution is 2.23. The molecule has 1 aliphatic carbocycles. The van der Waals surface area contributed by atoms with Crippen molar-refractivity contribution in [3.8, 4) is 0 Å². The Morgan fingerprint density at radius 2 is 2.06 bits per heavy atom. The third-order valence-electron chi connectivity index (χ3n) is 4.09. The second-order valence-corrected chi connectivity index (χ2v) is 5.87. The van der Waals surface area contributed by atoms with Crippen LogP contribution in [0.15, 0.2) is 18.2 Å². The van der Waals surface area contributed by atoms with E-state index in [2.05, 4.69) is 44.3 Å². The standard InChI is InChI=1S/C16H26N2/c1-11-7-8-16(12(2)9-11)13(3)18-15-6-4-5-14(17)10-15/h7-9,13-15,18H,4-6,10,17H2,1-3H3. The molecule has 0 spiro atoms. The van der Waals surface area contributed by atoms with Crippen LogP contribution in [0.1, 0.15) is 55.3 Å². The number of benzene rings is 1. The van der Waals surface area contributed by atoms with Crippen LogP contribution in [0.25, 0.3) is 0 Å². The van der Waals surface area contributed by atoms with Crippen molar-refractivity contribution >= 4 is 0 Å². The van der Waals surface area contributed by atoms with E-state index in [1.54, 1.807) is 0 Å². The van der Waals surface area contributed by atoms with E-state index in [0.29, 0.717) is 18.1 Å². The predicted molar refractivity (Wildman–Crippen MR) is 77.7 cm³/mol. The zero-order chi connectivity index (χ0) is 13.1. The maximum absolute atomic E-state index is 6.05. The number of nitrogens with two attached hydrogens (primary N) is 1. The van der Waals surface area contributed by atoms with Gasteiger partial charge in [-0.15, -0.1) is 0 Å².